The van der Waals surface area contributed by atoms with E-state index in [0.717, 1.165) is 6.42 Å². The third kappa shape index (κ3) is 7.78. The van der Waals surface area contributed by atoms with Crippen molar-refractivity contribution >= 4 is 12.0 Å². The van der Waals surface area contributed by atoms with Crippen molar-refractivity contribution in [2.24, 2.45) is 0 Å². The lowest BCUT2D eigenvalue weighted by Gasteiger charge is -2.11. The Balaban J connectivity index is 3.50. The van der Waals surface area contributed by atoms with Gasteiger partial charge < -0.3 is 15.4 Å². The first-order valence-corrected chi connectivity index (χ1v) is 5.30. The fourth-order valence-corrected chi connectivity index (χ4v) is 0.909. The van der Waals surface area contributed by atoms with Gasteiger partial charge in [-0.2, -0.15) is 0 Å². The van der Waals surface area contributed by atoms with E-state index in [1.54, 1.807) is 6.92 Å². The summed E-state index contributed by atoms with van der Waals surface area (Å²) in [6, 6.07) is 0.181. The van der Waals surface area contributed by atoms with E-state index in [1.165, 1.54) is 0 Å². The Kier molecular flexibility index (Phi) is 7.40. The number of carbonyl (C=O) groups excluding carboxylic acids is 2. The van der Waals surface area contributed by atoms with Crippen molar-refractivity contribution in [3.8, 4) is 0 Å². The lowest BCUT2D eigenvalue weighted by Crippen LogP contribution is -2.35. The molecule has 0 fully saturated rings. The molecule has 0 aliphatic carbocycles. The summed E-state index contributed by atoms with van der Waals surface area (Å²) in [6.07, 6.45) is 0.703. The first-order chi connectivity index (χ1) is 7.10. The van der Waals surface area contributed by atoms with E-state index in [1.807, 2.05) is 13.8 Å². The molecule has 5 heteroatoms. The number of hydrogen-bond donors (Lipinski definition) is 2. The second-order valence-electron chi connectivity index (χ2n) is 3.27. The van der Waals surface area contributed by atoms with E-state index in [0.29, 0.717) is 13.2 Å². The second-order valence-corrected chi connectivity index (χ2v) is 3.27. The average molecular weight is 216 g/mol. The zero-order valence-electron chi connectivity index (χ0n) is 9.63. The molecule has 0 aliphatic rings. The van der Waals surface area contributed by atoms with Crippen LogP contribution in [0.25, 0.3) is 0 Å². The van der Waals surface area contributed by atoms with Crippen LogP contribution in [-0.2, 0) is 9.53 Å². The van der Waals surface area contributed by atoms with Gasteiger partial charge in [0, 0.05) is 19.0 Å². The van der Waals surface area contributed by atoms with Crippen LogP contribution in [0.15, 0.2) is 0 Å². The third-order valence-electron chi connectivity index (χ3n) is 1.92. The minimum Gasteiger partial charge on any atom is -0.450 e. The van der Waals surface area contributed by atoms with E-state index in [2.05, 4.69) is 15.4 Å². The van der Waals surface area contributed by atoms with Crippen molar-refractivity contribution in [1.29, 1.82) is 0 Å². The van der Waals surface area contributed by atoms with Gasteiger partial charge >= 0.3 is 6.09 Å². The summed E-state index contributed by atoms with van der Waals surface area (Å²) in [7, 11) is 0. The first kappa shape index (κ1) is 13.7. The third-order valence-corrected chi connectivity index (χ3v) is 1.92. The van der Waals surface area contributed by atoms with Gasteiger partial charge in [-0.25, -0.2) is 4.79 Å². The highest BCUT2D eigenvalue weighted by atomic mass is 16.5. The molecule has 0 aromatic rings. The summed E-state index contributed by atoms with van der Waals surface area (Å²) < 4.78 is 4.64. The average Bonchev–Trinajstić information content (AvgIpc) is 2.18. The van der Waals surface area contributed by atoms with Crippen molar-refractivity contribution < 1.29 is 14.3 Å². The minimum absolute atomic E-state index is 0.0545. The molecule has 0 saturated heterocycles. The number of ether oxygens (including phenoxy) is 1. The van der Waals surface area contributed by atoms with Crippen molar-refractivity contribution in [3.05, 3.63) is 0 Å². The van der Waals surface area contributed by atoms with Crippen LogP contribution in [-0.4, -0.2) is 31.2 Å². The topological polar surface area (TPSA) is 67.4 Å². The van der Waals surface area contributed by atoms with E-state index in [9.17, 15) is 9.59 Å². The molecule has 0 bridgehead atoms. The summed E-state index contributed by atoms with van der Waals surface area (Å²) in [5, 5.41) is 5.29. The Morgan fingerprint density at radius 1 is 1.33 bits per heavy atom. The summed E-state index contributed by atoms with van der Waals surface area (Å²) in [6.45, 7) is 6.32. The molecular weight excluding hydrogens is 196 g/mol. The summed E-state index contributed by atoms with van der Waals surface area (Å²) in [4.78, 5) is 22.1. The molecule has 0 rings (SSSR count). The highest BCUT2D eigenvalue weighted by Crippen LogP contribution is 1.89. The molecule has 0 heterocycles. The number of alkyl carbamates (subject to hydrolysis) is 1. The van der Waals surface area contributed by atoms with Crippen LogP contribution in [0, 0.1) is 0 Å². The van der Waals surface area contributed by atoms with Gasteiger partial charge in [0.1, 0.15) is 0 Å². The normalized spacial score (nSPS) is 11.7. The standard InChI is InChI=1S/C10H20N2O3/c1-4-8(3)12-9(13)6-7-11-10(14)15-5-2/h8H,4-7H2,1-3H3,(H,11,14)(H,12,13). The predicted molar refractivity (Wildman–Crippen MR) is 57.5 cm³/mol. The smallest absolute Gasteiger partial charge is 0.407 e. The molecule has 5 nitrogen and oxygen atoms in total. The van der Waals surface area contributed by atoms with Gasteiger partial charge in [0.2, 0.25) is 5.91 Å². The summed E-state index contributed by atoms with van der Waals surface area (Å²) in [5.41, 5.74) is 0. The maximum absolute atomic E-state index is 11.2. The number of carbonyl (C=O) groups is 2. The van der Waals surface area contributed by atoms with Crippen LogP contribution in [0.2, 0.25) is 0 Å². The van der Waals surface area contributed by atoms with Crippen molar-refractivity contribution in [3.63, 3.8) is 0 Å². The number of rotatable bonds is 6. The molecule has 88 valence electrons. The number of nitrogens with one attached hydrogen (secondary N) is 2. The van der Waals surface area contributed by atoms with Gasteiger partial charge in [-0.15, -0.1) is 0 Å². The first-order valence-electron chi connectivity index (χ1n) is 5.30. The quantitative estimate of drug-likeness (QED) is 0.697. The van der Waals surface area contributed by atoms with Gasteiger partial charge in [-0.1, -0.05) is 6.92 Å². The summed E-state index contributed by atoms with van der Waals surface area (Å²) >= 11 is 0. The van der Waals surface area contributed by atoms with Crippen molar-refractivity contribution in [1.82, 2.24) is 10.6 Å². The van der Waals surface area contributed by atoms with Crippen LogP contribution in [0.3, 0.4) is 0 Å². The van der Waals surface area contributed by atoms with Crippen molar-refractivity contribution in [2.45, 2.75) is 39.7 Å². The molecule has 1 unspecified atom stereocenters. The fraction of sp³-hybridized carbons (Fsp3) is 0.800. The lowest BCUT2D eigenvalue weighted by molar-refractivity contribution is -0.121. The Hall–Kier alpha value is -1.26. The molecule has 0 radical (unpaired) electrons. The lowest BCUT2D eigenvalue weighted by atomic mass is 10.2. The molecule has 0 aromatic heterocycles. The monoisotopic (exact) mass is 216 g/mol. The van der Waals surface area contributed by atoms with Gasteiger partial charge in [0.05, 0.1) is 6.61 Å². The molecule has 15 heavy (non-hydrogen) atoms. The van der Waals surface area contributed by atoms with Gasteiger partial charge in [-0.05, 0) is 20.3 Å². The molecule has 0 aliphatic heterocycles. The SMILES string of the molecule is CCOC(=O)NCCC(=O)NC(C)CC. The highest BCUT2D eigenvalue weighted by molar-refractivity contribution is 5.77. The van der Waals surface area contributed by atoms with Gasteiger partial charge in [0.15, 0.2) is 0 Å². The molecule has 0 saturated carbocycles. The number of hydrogen-bond acceptors (Lipinski definition) is 3. The second kappa shape index (κ2) is 8.08. The van der Waals surface area contributed by atoms with E-state index >= 15 is 0 Å². The van der Waals surface area contributed by atoms with E-state index in [-0.39, 0.29) is 18.4 Å². The van der Waals surface area contributed by atoms with Gasteiger partial charge in [0.25, 0.3) is 0 Å². The Morgan fingerprint density at radius 2 is 2.00 bits per heavy atom. The highest BCUT2D eigenvalue weighted by Gasteiger charge is 2.06. The largest absolute Gasteiger partial charge is 0.450 e. The Morgan fingerprint density at radius 3 is 2.53 bits per heavy atom. The van der Waals surface area contributed by atoms with Crippen LogP contribution in [0.1, 0.15) is 33.6 Å². The number of amides is 2. The zero-order valence-corrected chi connectivity index (χ0v) is 9.63. The van der Waals surface area contributed by atoms with Crippen LogP contribution in [0.5, 0.6) is 0 Å². The summed E-state index contributed by atoms with van der Waals surface area (Å²) in [5.74, 6) is -0.0545. The van der Waals surface area contributed by atoms with Crippen LogP contribution in [0.4, 0.5) is 4.79 Å². The van der Waals surface area contributed by atoms with E-state index in [4.69, 9.17) is 0 Å². The predicted octanol–water partition coefficient (Wildman–Crippen LogP) is 1.04. The Labute approximate surface area is 90.6 Å². The van der Waals surface area contributed by atoms with E-state index < -0.39 is 6.09 Å². The zero-order chi connectivity index (χ0) is 11.7. The van der Waals surface area contributed by atoms with Gasteiger partial charge in [-0.3, -0.25) is 4.79 Å². The fourth-order valence-electron chi connectivity index (χ4n) is 0.909. The Bertz CT molecular complexity index is 207. The maximum Gasteiger partial charge on any atom is 0.407 e. The van der Waals surface area contributed by atoms with Crippen LogP contribution >= 0.6 is 0 Å². The van der Waals surface area contributed by atoms with Crippen LogP contribution < -0.4 is 10.6 Å². The van der Waals surface area contributed by atoms with Crippen molar-refractivity contribution in [2.75, 3.05) is 13.2 Å². The molecule has 0 aromatic carbocycles. The molecule has 2 amide bonds. The molecule has 2 N–H and O–H groups in total. The maximum atomic E-state index is 11.2. The molecule has 1 atom stereocenters. The molecule has 0 spiro atoms. The minimum atomic E-state index is -0.478. The molecular formula is C10H20N2O3.